The molecule has 2 rings (SSSR count). The molecule has 1 aromatic carbocycles. The molecule has 0 aliphatic carbocycles. The standard InChI is InChI=1S/C9H9ClN4O3S/c1-5-12-9(17-13-5)14-18(15,16)8-4-6(10)2-3-7(8)11/h2-4H,11H2,1H3,(H,12,13,14). The molecule has 0 radical (unpaired) electrons. The van der Waals surface area contributed by atoms with Gasteiger partial charge in [0.15, 0.2) is 5.82 Å². The van der Waals surface area contributed by atoms with Crippen LogP contribution in [0.5, 0.6) is 0 Å². The molecule has 0 saturated carbocycles. The molecule has 0 amide bonds. The molecule has 9 heteroatoms. The van der Waals surface area contributed by atoms with E-state index in [0.717, 1.165) is 0 Å². The van der Waals surface area contributed by atoms with Gasteiger partial charge in [-0.2, -0.15) is 4.98 Å². The van der Waals surface area contributed by atoms with E-state index in [1.54, 1.807) is 6.92 Å². The Hall–Kier alpha value is -1.80. The number of nitrogens with one attached hydrogen (secondary N) is 1. The third-order valence-corrected chi connectivity index (χ3v) is 3.63. The van der Waals surface area contributed by atoms with Gasteiger partial charge in [0, 0.05) is 5.02 Å². The third-order valence-electron chi connectivity index (χ3n) is 2.01. The highest BCUT2D eigenvalue weighted by Crippen LogP contribution is 2.24. The van der Waals surface area contributed by atoms with E-state index in [-0.39, 0.29) is 21.6 Å². The van der Waals surface area contributed by atoms with Gasteiger partial charge in [-0.3, -0.25) is 0 Å². The minimum Gasteiger partial charge on any atom is -0.398 e. The number of hydrogen-bond donors (Lipinski definition) is 2. The molecule has 0 unspecified atom stereocenters. The van der Waals surface area contributed by atoms with Gasteiger partial charge in [-0.1, -0.05) is 16.8 Å². The second kappa shape index (κ2) is 4.46. The van der Waals surface area contributed by atoms with Crippen LogP contribution in [-0.2, 0) is 10.0 Å². The number of nitrogens with zero attached hydrogens (tertiary/aromatic N) is 2. The molecule has 0 aliphatic heterocycles. The summed E-state index contributed by atoms with van der Waals surface area (Å²) in [5.74, 6) is 0.312. The maximum Gasteiger partial charge on any atom is 0.335 e. The zero-order valence-electron chi connectivity index (χ0n) is 9.21. The van der Waals surface area contributed by atoms with Crippen molar-refractivity contribution in [2.24, 2.45) is 0 Å². The van der Waals surface area contributed by atoms with Gasteiger partial charge in [-0.05, 0) is 25.1 Å². The van der Waals surface area contributed by atoms with E-state index >= 15 is 0 Å². The van der Waals surface area contributed by atoms with Gasteiger partial charge in [0.1, 0.15) is 4.90 Å². The highest BCUT2D eigenvalue weighted by molar-refractivity contribution is 7.92. The zero-order chi connectivity index (χ0) is 13.3. The lowest BCUT2D eigenvalue weighted by Gasteiger charge is -2.07. The molecule has 1 heterocycles. The minimum atomic E-state index is -3.91. The van der Waals surface area contributed by atoms with Crippen molar-refractivity contribution in [3.05, 3.63) is 29.0 Å². The van der Waals surface area contributed by atoms with Crippen molar-refractivity contribution in [2.75, 3.05) is 10.5 Å². The number of nitrogen functional groups attached to an aromatic ring is 1. The fraction of sp³-hybridized carbons (Fsp3) is 0.111. The van der Waals surface area contributed by atoms with Gasteiger partial charge in [0.2, 0.25) is 0 Å². The highest BCUT2D eigenvalue weighted by Gasteiger charge is 2.20. The summed E-state index contributed by atoms with van der Waals surface area (Å²) in [5.41, 5.74) is 5.66. The lowest BCUT2D eigenvalue weighted by molar-refractivity contribution is 0.429. The third kappa shape index (κ3) is 2.54. The largest absolute Gasteiger partial charge is 0.398 e. The van der Waals surface area contributed by atoms with Gasteiger partial charge in [0.05, 0.1) is 5.69 Å². The Bertz CT molecular complexity index is 683. The van der Waals surface area contributed by atoms with Crippen molar-refractivity contribution < 1.29 is 12.9 Å². The summed E-state index contributed by atoms with van der Waals surface area (Å²) in [5, 5.41) is 3.72. The Balaban J connectivity index is 2.39. The fourth-order valence-electron chi connectivity index (χ4n) is 1.25. The number of nitrogens with two attached hydrogens (primary N) is 1. The van der Waals surface area contributed by atoms with Crippen LogP contribution in [0.4, 0.5) is 11.7 Å². The maximum atomic E-state index is 12.0. The summed E-state index contributed by atoms with van der Waals surface area (Å²) in [6.45, 7) is 1.56. The molecular weight excluding hydrogens is 280 g/mol. The van der Waals surface area contributed by atoms with E-state index in [4.69, 9.17) is 17.3 Å². The van der Waals surface area contributed by atoms with Crippen LogP contribution in [0.3, 0.4) is 0 Å². The topological polar surface area (TPSA) is 111 Å². The first kappa shape index (κ1) is 12.7. The second-order valence-electron chi connectivity index (χ2n) is 3.43. The predicted molar refractivity (Wildman–Crippen MR) is 65.7 cm³/mol. The molecular formula is C9H9ClN4O3S. The van der Waals surface area contributed by atoms with Crippen molar-refractivity contribution in [1.82, 2.24) is 10.1 Å². The van der Waals surface area contributed by atoms with E-state index in [0.29, 0.717) is 5.82 Å². The predicted octanol–water partition coefficient (Wildman–Crippen LogP) is 1.41. The van der Waals surface area contributed by atoms with Crippen molar-refractivity contribution in [1.29, 1.82) is 0 Å². The number of benzene rings is 1. The molecule has 3 N–H and O–H groups in total. The molecule has 2 aromatic rings. The smallest absolute Gasteiger partial charge is 0.335 e. The van der Waals surface area contributed by atoms with E-state index in [1.165, 1.54) is 18.2 Å². The minimum absolute atomic E-state index is 0.0723. The fourth-order valence-corrected chi connectivity index (χ4v) is 2.57. The number of sulfonamides is 1. The molecule has 0 spiro atoms. The van der Waals surface area contributed by atoms with Crippen LogP contribution >= 0.6 is 11.6 Å². The van der Waals surface area contributed by atoms with Crippen LogP contribution in [0, 0.1) is 6.92 Å². The van der Waals surface area contributed by atoms with E-state index in [2.05, 4.69) is 19.4 Å². The summed E-state index contributed by atoms with van der Waals surface area (Å²) in [7, 11) is -3.91. The van der Waals surface area contributed by atoms with Crippen molar-refractivity contribution >= 4 is 33.3 Å². The van der Waals surface area contributed by atoms with Gasteiger partial charge in [-0.25, -0.2) is 13.1 Å². The Morgan fingerprint density at radius 3 is 2.78 bits per heavy atom. The molecule has 7 nitrogen and oxygen atoms in total. The lowest BCUT2D eigenvalue weighted by atomic mass is 10.3. The molecule has 18 heavy (non-hydrogen) atoms. The van der Waals surface area contributed by atoms with Crippen LogP contribution in [0.1, 0.15) is 5.82 Å². The SMILES string of the molecule is Cc1noc(NS(=O)(=O)c2cc(Cl)ccc2N)n1. The van der Waals surface area contributed by atoms with E-state index < -0.39 is 10.0 Å². The van der Waals surface area contributed by atoms with Crippen molar-refractivity contribution in [3.8, 4) is 0 Å². The first-order valence-corrected chi connectivity index (χ1v) is 6.63. The molecule has 0 atom stereocenters. The summed E-state index contributed by atoms with van der Waals surface area (Å²) in [6, 6.07) is 3.90. The number of rotatable bonds is 3. The quantitative estimate of drug-likeness (QED) is 0.826. The lowest BCUT2D eigenvalue weighted by Crippen LogP contribution is -2.15. The molecule has 1 aromatic heterocycles. The Kier molecular flexibility index (Phi) is 3.14. The number of halogens is 1. The molecule has 96 valence electrons. The van der Waals surface area contributed by atoms with Gasteiger partial charge in [0.25, 0.3) is 10.0 Å². The van der Waals surface area contributed by atoms with Crippen LogP contribution in [-0.4, -0.2) is 18.6 Å². The van der Waals surface area contributed by atoms with Gasteiger partial charge in [-0.15, -0.1) is 0 Å². The van der Waals surface area contributed by atoms with Gasteiger partial charge < -0.3 is 10.3 Å². The summed E-state index contributed by atoms with van der Waals surface area (Å²) < 4.78 is 30.8. The number of aromatic nitrogens is 2. The Labute approximate surface area is 108 Å². The summed E-state index contributed by atoms with van der Waals surface area (Å²) >= 11 is 5.73. The van der Waals surface area contributed by atoms with Crippen LogP contribution < -0.4 is 10.5 Å². The van der Waals surface area contributed by atoms with Crippen LogP contribution in [0.15, 0.2) is 27.6 Å². The average molecular weight is 289 g/mol. The Morgan fingerprint density at radius 1 is 1.44 bits per heavy atom. The first-order valence-electron chi connectivity index (χ1n) is 4.76. The average Bonchev–Trinajstić information content (AvgIpc) is 2.66. The van der Waals surface area contributed by atoms with Crippen LogP contribution in [0.25, 0.3) is 0 Å². The molecule has 0 aliphatic rings. The monoisotopic (exact) mass is 288 g/mol. The van der Waals surface area contributed by atoms with E-state index in [9.17, 15) is 8.42 Å². The number of aryl methyl sites for hydroxylation is 1. The first-order chi connectivity index (χ1) is 8.38. The molecule has 0 saturated heterocycles. The Morgan fingerprint density at radius 2 is 2.17 bits per heavy atom. The normalized spacial score (nSPS) is 11.4. The molecule has 0 bridgehead atoms. The zero-order valence-corrected chi connectivity index (χ0v) is 10.8. The number of anilines is 2. The number of hydrogen-bond acceptors (Lipinski definition) is 6. The summed E-state index contributed by atoms with van der Waals surface area (Å²) in [4.78, 5) is 3.58. The maximum absolute atomic E-state index is 12.0. The molecule has 0 fully saturated rings. The second-order valence-corrected chi connectivity index (χ2v) is 5.52. The van der Waals surface area contributed by atoms with E-state index in [1.807, 2.05) is 0 Å². The summed E-state index contributed by atoms with van der Waals surface area (Å²) in [6.07, 6.45) is 0. The van der Waals surface area contributed by atoms with Gasteiger partial charge >= 0.3 is 6.01 Å². The van der Waals surface area contributed by atoms with Crippen molar-refractivity contribution in [2.45, 2.75) is 11.8 Å². The highest BCUT2D eigenvalue weighted by atomic mass is 35.5. The van der Waals surface area contributed by atoms with Crippen molar-refractivity contribution in [3.63, 3.8) is 0 Å². The van der Waals surface area contributed by atoms with Crippen LogP contribution in [0.2, 0.25) is 5.02 Å².